The van der Waals surface area contributed by atoms with Gasteiger partial charge in [0, 0.05) is 33.9 Å². The molecule has 2 rings (SSSR count). The summed E-state index contributed by atoms with van der Waals surface area (Å²) in [5, 5.41) is 9.27. The first-order chi connectivity index (χ1) is 13.8. The van der Waals surface area contributed by atoms with Crippen molar-refractivity contribution in [1.82, 2.24) is 20.9 Å². The Morgan fingerprint density at radius 3 is 2.45 bits per heavy atom. The number of nitrogens with one attached hydrogen (secondary N) is 3. The van der Waals surface area contributed by atoms with Crippen molar-refractivity contribution in [2.24, 2.45) is 4.99 Å². The van der Waals surface area contributed by atoms with Gasteiger partial charge in [0.05, 0.1) is 25.4 Å². The lowest BCUT2D eigenvalue weighted by molar-refractivity contribution is -0.189. The zero-order chi connectivity index (χ0) is 21.3. The number of alkyl halides is 3. The van der Waals surface area contributed by atoms with Crippen LogP contribution >= 0.6 is 0 Å². The molecule has 29 heavy (non-hydrogen) atoms. The number of nitrogens with zero attached hydrogens (tertiary/aromatic N) is 2. The van der Waals surface area contributed by atoms with Crippen molar-refractivity contribution in [1.29, 1.82) is 0 Å². The molecule has 4 atom stereocenters. The van der Waals surface area contributed by atoms with Crippen LogP contribution in [-0.4, -0.2) is 95.6 Å². The third-order valence-electron chi connectivity index (χ3n) is 4.53. The number of rotatable bonds is 11. The molecule has 12 heteroatoms. The van der Waals surface area contributed by atoms with Gasteiger partial charge in [-0.15, -0.1) is 0 Å². The van der Waals surface area contributed by atoms with Gasteiger partial charge < -0.3 is 29.2 Å². The van der Waals surface area contributed by atoms with Gasteiger partial charge >= 0.3 is 6.18 Å². The zero-order valence-corrected chi connectivity index (χ0v) is 17.1. The highest BCUT2D eigenvalue weighted by Crippen LogP contribution is 2.18. The Hall–Kier alpha value is -1.18. The van der Waals surface area contributed by atoms with Crippen LogP contribution in [0.5, 0.6) is 0 Å². The molecular formula is C17H32F3N5O4. The van der Waals surface area contributed by atoms with Crippen LogP contribution in [0.2, 0.25) is 0 Å². The Morgan fingerprint density at radius 2 is 1.90 bits per heavy atom. The van der Waals surface area contributed by atoms with Crippen molar-refractivity contribution in [2.45, 2.75) is 50.8 Å². The molecule has 2 heterocycles. The first kappa shape index (κ1) is 24.1. The Balaban J connectivity index is 2.02. The van der Waals surface area contributed by atoms with Crippen molar-refractivity contribution < 1.29 is 32.1 Å². The van der Waals surface area contributed by atoms with Crippen LogP contribution in [0.1, 0.15) is 19.8 Å². The predicted molar refractivity (Wildman–Crippen MR) is 100 cm³/mol. The summed E-state index contributed by atoms with van der Waals surface area (Å²) in [5.41, 5.74) is 0. The van der Waals surface area contributed by atoms with E-state index in [1.165, 1.54) is 0 Å². The summed E-state index contributed by atoms with van der Waals surface area (Å²) in [6, 6.07) is 0. The summed E-state index contributed by atoms with van der Waals surface area (Å²) >= 11 is 0. The topological polar surface area (TPSA) is 88.6 Å². The van der Waals surface area contributed by atoms with Crippen LogP contribution in [0.3, 0.4) is 0 Å². The van der Waals surface area contributed by atoms with Gasteiger partial charge in [0.15, 0.2) is 5.96 Å². The van der Waals surface area contributed by atoms with Crippen molar-refractivity contribution in [3.63, 3.8) is 0 Å². The van der Waals surface area contributed by atoms with E-state index >= 15 is 0 Å². The second kappa shape index (κ2) is 11.9. The van der Waals surface area contributed by atoms with Crippen LogP contribution in [0, 0.1) is 0 Å². The summed E-state index contributed by atoms with van der Waals surface area (Å²) in [6.45, 7) is 3.02. The van der Waals surface area contributed by atoms with Gasteiger partial charge in [0.2, 0.25) is 6.35 Å². The van der Waals surface area contributed by atoms with E-state index in [0.29, 0.717) is 38.8 Å². The van der Waals surface area contributed by atoms with Gasteiger partial charge in [-0.25, -0.2) is 10.3 Å². The summed E-state index contributed by atoms with van der Waals surface area (Å²) in [6.07, 6.45) is -3.93. The number of hydrogen-bond donors (Lipinski definition) is 3. The highest BCUT2D eigenvalue weighted by Gasteiger charge is 2.32. The van der Waals surface area contributed by atoms with Crippen LogP contribution in [0.4, 0.5) is 13.2 Å². The Morgan fingerprint density at radius 1 is 1.21 bits per heavy atom. The normalized spacial score (nSPS) is 27.6. The molecule has 2 aliphatic rings. The predicted octanol–water partition coefficient (Wildman–Crippen LogP) is 0.433. The lowest BCUT2D eigenvalue weighted by atomic mass is 10.2. The van der Waals surface area contributed by atoms with Gasteiger partial charge in [-0.05, 0) is 19.8 Å². The molecule has 9 nitrogen and oxygen atoms in total. The first-order valence-electron chi connectivity index (χ1n) is 9.71. The highest BCUT2D eigenvalue weighted by molar-refractivity contribution is 5.80. The molecule has 0 aromatic rings. The molecule has 4 unspecified atom stereocenters. The molecule has 0 saturated carbocycles. The van der Waals surface area contributed by atoms with E-state index in [1.807, 2.05) is 11.8 Å². The van der Waals surface area contributed by atoms with Crippen LogP contribution in [0.25, 0.3) is 0 Å². The number of methoxy groups -OCH3 is 2. The third kappa shape index (κ3) is 9.01. The first-order valence-corrected chi connectivity index (χ1v) is 9.71. The van der Waals surface area contributed by atoms with E-state index in [0.717, 1.165) is 12.8 Å². The van der Waals surface area contributed by atoms with Crippen LogP contribution < -0.4 is 16.0 Å². The van der Waals surface area contributed by atoms with Crippen molar-refractivity contribution in [3.05, 3.63) is 0 Å². The number of halogens is 3. The molecule has 0 aromatic heterocycles. The van der Waals surface area contributed by atoms with E-state index in [9.17, 15) is 13.2 Å². The molecule has 0 amide bonds. The van der Waals surface area contributed by atoms with Gasteiger partial charge in [0.25, 0.3) is 0 Å². The molecule has 0 spiro atoms. The number of guanidine groups is 1. The molecule has 0 bridgehead atoms. The van der Waals surface area contributed by atoms with Crippen LogP contribution in [-0.2, 0) is 18.9 Å². The van der Waals surface area contributed by atoms with E-state index < -0.39 is 25.4 Å². The van der Waals surface area contributed by atoms with E-state index in [2.05, 4.69) is 20.9 Å². The largest absolute Gasteiger partial charge is 0.411 e. The molecule has 1 saturated heterocycles. The van der Waals surface area contributed by atoms with Crippen molar-refractivity contribution in [2.75, 3.05) is 53.7 Å². The SMILES string of the molecule is COCCN(CCOC)C1=NC(OCC(F)(F)F)NC(NCC2CCC(C)O2)N1. The summed E-state index contributed by atoms with van der Waals surface area (Å²) in [4.78, 5) is 6.10. The lowest BCUT2D eigenvalue weighted by Crippen LogP contribution is -2.65. The maximum atomic E-state index is 12.6. The molecule has 170 valence electrons. The quantitative estimate of drug-likeness (QED) is 0.438. The molecular weight excluding hydrogens is 395 g/mol. The lowest BCUT2D eigenvalue weighted by Gasteiger charge is -2.36. The minimum atomic E-state index is -4.44. The fourth-order valence-electron chi connectivity index (χ4n) is 3.05. The zero-order valence-electron chi connectivity index (χ0n) is 17.1. The standard InChI is InChI=1S/C17H32F3N5O4/c1-12-4-5-13(29-12)10-21-14-22-15(25(6-8-26-2)7-9-27-3)24-16(23-14)28-11-17(18,19)20/h12-14,16,21,23H,4-11H2,1-3H3,(H,22,24). The minimum Gasteiger partial charge on any atom is -0.383 e. The molecule has 0 radical (unpaired) electrons. The average Bonchev–Trinajstić information content (AvgIpc) is 3.09. The second-order valence-electron chi connectivity index (χ2n) is 7.00. The van der Waals surface area contributed by atoms with E-state index in [-0.39, 0.29) is 12.2 Å². The van der Waals surface area contributed by atoms with E-state index in [4.69, 9.17) is 18.9 Å². The monoisotopic (exact) mass is 427 g/mol. The van der Waals surface area contributed by atoms with Crippen molar-refractivity contribution >= 4 is 5.96 Å². The Kier molecular flexibility index (Phi) is 9.86. The molecule has 0 aromatic carbocycles. The highest BCUT2D eigenvalue weighted by atomic mass is 19.4. The average molecular weight is 427 g/mol. The third-order valence-corrected chi connectivity index (χ3v) is 4.53. The summed E-state index contributed by atoms with van der Waals surface area (Å²) < 4.78 is 58.7. The molecule has 1 fully saturated rings. The van der Waals surface area contributed by atoms with Crippen LogP contribution in [0.15, 0.2) is 4.99 Å². The minimum absolute atomic E-state index is 0.0588. The van der Waals surface area contributed by atoms with Gasteiger partial charge in [-0.3, -0.25) is 5.32 Å². The van der Waals surface area contributed by atoms with Gasteiger partial charge in [-0.2, -0.15) is 13.2 Å². The van der Waals surface area contributed by atoms with E-state index in [1.54, 1.807) is 14.2 Å². The molecule has 3 N–H and O–H groups in total. The molecule has 2 aliphatic heterocycles. The fourth-order valence-corrected chi connectivity index (χ4v) is 3.05. The van der Waals surface area contributed by atoms with Gasteiger partial charge in [-0.1, -0.05) is 0 Å². The second-order valence-corrected chi connectivity index (χ2v) is 7.00. The van der Waals surface area contributed by atoms with Gasteiger partial charge in [0.1, 0.15) is 12.9 Å². The molecule has 0 aliphatic carbocycles. The summed E-state index contributed by atoms with van der Waals surface area (Å²) in [5.74, 6) is 0.406. The fraction of sp³-hybridized carbons (Fsp3) is 0.941. The van der Waals surface area contributed by atoms with Crippen molar-refractivity contribution in [3.8, 4) is 0 Å². The number of aliphatic imine (C=N–C) groups is 1. The maximum Gasteiger partial charge on any atom is 0.411 e. The summed E-state index contributed by atoms with van der Waals surface area (Å²) in [7, 11) is 3.16. The maximum absolute atomic E-state index is 12.6. The smallest absolute Gasteiger partial charge is 0.383 e. The Bertz CT molecular complexity index is 504. The number of hydrogen-bond acceptors (Lipinski definition) is 9. The Labute approximate surface area is 169 Å². The number of ether oxygens (including phenoxy) is 4.